The van der Waals surface area contributed by atoms with Crippen LogP contribution in [-0.2, 0) is 0 Å². The van der Waals surface area contributed by atoms with Crippen molar-refractivity contribution in [2.75, 3.05) is 0 Å². The number of hydrogen-bond acceptors (Lipinski definition) is 2. The maximum atomic E-state index is 5.35. The molecule has 0 aliphatic carbocycles. The molecular weight excluding hydrogens is 1250 g/mol. The molecule has 0 saturated carbocycles. The summed E-state index contributed by atoms with van der Waals surface area (Å²) in [5.41, 5.74) is 18.5. The van der Waals surface area contributed by atoms with Gasteiger partial charge in [-0.15, -0.1) is 0 Å². The zero-order chi connectivity index (χ0) is 55.6. The van der Waals surface area contributed by atoms with Gasteiger partial charge in [0.25, 0.3) is 0 Å². The molecular formula is C77H51I2N5. The quantitative estimate of drug-likeness (QED) is 0.136. The summed E-state index contributed by atoms with van der Waals surface area (Å²) in [7, 11) is 0. The summed E-state index contributed by atoms with van der Waals surface area (Å²) in [5, 5.41) is 7.40. The molecule has 1 unspecified atom stereocenters. The molecule has 17 rings (SSSR count). The Morgan fingerprint density at radius 3 is 1.30 bits per heavy atom. The molecule has 5 heterocycles. The van der Waals surface area contributed by atoms with E-state index in [1.54, 1.807) is 0 Å². The van der Waals surface area contributed by atoms with Gasteiger partial charge in [-0.1, -0.05) is 72.8 Å². The van der Waals surface area contributed by atoms with E-state index in [0.29, 0.717) is 0 Å². The third-order valence-corrected chi connectivity index (χ3v) is 29.9. The van der Waals surface area contributed by atoms with Crippen molar-refractivity contribution >= 4 is 124 Å². The molecule has 398 valence electrons. The molecule has 2 aliphatic heterocycles. The fourth-order valence-electron chi connectivity index (χ4n) is 13.1. The fraction of sp³-hybridized carbons (Fsp3) is 0. The van der Waals surface area contributed by atoms with Crippen LogP contribution in [-0.4, -0.2) is 35.9 Å². The average molecular weight is 1300 g/mol. The van der Waals surface area contributed by atoms with E-state index in [2.05, 4.69) is 299 Å². The minimum absolute atomic E-state index is 0.729. The molecule has 0 fully saturated rings. The van der Waals surface area contributed by atoms with Crippen LogP contribution in [0, 0.1) is 10.7 Å². The molecule has 84 heavy (non-hydrogen) atoms. The van der Waals surface area contributed by atoms with E-state index < -0.39 is 36.8 Å². The van der Waals surface area contributed by atoms with Gasteiger partial charge in [-0.05, 0) is 24.3 Å². The predicted molar refractivity (Wildman–Crippen MR) is 375 cm³/mol. The van der Waals surface area contributed by atoms with Gasteiger partial charge in [0, 0.05) is 21.5 Å². The van der Waals surface area contributed by atoms with Gasteiger partial charge in [0.05, 0.1) is 22.1 Å². The first-order chi connectivity index (χ1) is 41.5. The van der Waals surface area contributed by atoms with Gasteiger partial charge in [-0.2, -0.15) is 0 Å². The van der Waals surface area contributed by atoms with Gasteiger partial charge in [0.2, 0.25) is 0 Å². The van der Waals surface area contributed by atoms with Crippen LogP contribution in [0.25, 0.3) is 105 Å². The first kappa shape index (κ1) is 49.1. The van der Waals surface area contributed by atoms with Crippen molar-refractivity contribution in [3.8, 4) is 39.3 Å². The van der Waals surface area contributed by atoms with E-state index in [-0.39, 0.29) is 0 Å². The first-order valence-electron chi connectivity index (χ1n) is 28.2. The van der Waals surface area contributed by atoms with Gasteiger partial charge in [-0.25, -0.2) is 0 Å². The molecule has 2 aliphatic rings. The third kappa shape index (κ3) is 7.47. The SMILES string of the molecule is C=I1=C(c2ccccc2)N=C(c2ccc(I3(=C)c4ccccc4-c4ccc(-c5ccc(-n6c7cc(-n8c9ccccc9c9ccccc98)ccc7c7ccc(-n8c9ccccc9c9ccccc98)cc76)cc5)cc43)cc2)N=C1c1ccccc1. The summed E-state index contributed by atoms with van der Waals surface area (Å²) in [6.45, 7) is 0. The van der Waals surface area contributed by atoms with E-state index in [1.165, 1.54) is 81.8 Å². The Morgan fingerprint density at radius 2 is 0.738 bits per heavy atom. The molecule has 15 aromatic rings. The van der Waals surface area contributed by atoms with Crippen molar-refractivity contribution in [2.45, 2.75) is 0 Å². The predicted octanol–water partition coefficient (Wildman–Crippen LogP) is 19.3. The van der Waals surface area contributed by atoms with E-state index >= 15 is 0 Å². The number of fused-ring (bicyclic) bond motifs is 12. The molecule has 0 N–H and O–H groups in total. The van der Waals surface area contributed by atoms with Gasteiger partial charge in [0.1, 0.15) is 0 Å². The Morgan fingerprint density at radius 1 is 0.310 bits per heavy atom. The number of nitrogens with zero attached hydrogens (tertiary/aromatic N) is 5. The molecule has 7 heteroatoms. The number of amidine groups is 1. The number of benzene rings is 12. The molecule has 0 radical (unpaired) electrons. The van der Waals surface area contributed by atoms with Gasteiger partial charge in [0.15, 0.2) is 0 Å². The van der Waals surface area contributed by atoms with E-state index in [1.807, 2.05) is 0 Å². The second-order valence-electron chi connectivity index (χ2n) is 21.6. The second-order valence-corrected chi connectivity index (χ2v) is 33.2. The standard InChI is InChI=1S/C77H51I2N5/c1-78-75(51-19-5-3-6-20-51)80-77(81-76(78)52-21-7-4-8-22-52)53-33-38-55(39-34-53)79(2)67-28-14-9-23-59(67)60-44-37-54(47-68(60)79)50-35-40-56(41-36-50)82-73-48-57(83-69-29-15-10-24-61(69)62-25-11-16-30-70(62)83)42-45-65(73)66-46-43-58(49-74(66)82)84-71-31-17-12-26-63(71)64-27-13-18-32-72(64)84/h3-49H,1-2H2. The molecule has 0 saturated heterocycles. The molecule has 0 spiro atoms. The zero-order valence-electron chi connectivity index (χ0n) is 45.5. The monoisotopic (exact) mass is 1300 g/mol. The maximum absolute atomic E-state index is 5.35. The Balaban J connectivity index is 0.790. The number of rotatable bonds is 8. The van der Waals surface area contributed by atoms with Crippen molar-refractivity contribution in [1.29, 1.82) is 0 Å². The van der Waals surface area contributed by atoms with Crippen molar-refractivity contribution < 1.29 is 0 Å². The van der Waals surface area contributed by atoms with Gasteiger partial charge >= 0.3 is 359 Å². The van der Waals surface area contributed by atoms with Crippen molar-refractivity contribution in [3.05, 3.63) is 313 Å². The number of halogens is 2. The summed E-state index contributed by atoms with van der Waals surface area (Å²) in [6.07, 6.45) is 0. The Hall–Kier alpha value is -9.55. The number of aromatic nitrogens is 3. The van der Waals surface area contributed by atoms with E-state index in [0.717, 1.165) is 63.5 Å². The van der Waals surface area contributed by atoms with Crippen LogP contribution < -0.4 is 0 Å². The zero-order valence-corrected chi connectivity index (χ0v) is 49.9. The third-order valence-electron chi connectivity index (χ3n) is 17.0. The van der Waals surface area contributed by atoms with Crippen molar-refractivity contribution in [3.63, 3.8) is 0 Å². The summed E-state index contributed by atoms with van der Waals surface area (Å²) in [6, 6.07) is 105. The van der Waals surface area contributed by atoms with Crippen LogP contribution in [0.3, 0.4) is 0 Å². The Kier molecular flexibility index (Phi) is 11.3. The van der Waals surface area contributed by atoms with Crippen LogP contribution in [0.4, 0.5) is 0 Å². The molecule has 5 nitrogen and oxygen atoms in total. The number of para-hydroxylation sites is 4. The second kappa shape index (κ2) is 19.3. The fourth-order valence-corrected chi connectivity index (χ4v) is 25.0. The van der Waals surface area contributed by atoms with Gasteiger partial charge in [-0.3, -0.25) is 0 Å². The average Bonchev–Trinajstić information content (AvgIpc) is 1.87. The Bertz CT molecular complexity index is 5180. The summed E-state index contributed by atoms with van der Waals surface area (Å²) >= 11 is -5.55. The molecule has 12 aromatic carbocycles. The molecule has 0 bridgehead atoms. The van der Waals surface area contributed by atoms with Crippen molar-refractivity contribution in [2.24, 2.45) is 9.98 Å². The Labute approximate surface area is 495 Å². The summed E-state index contributed by atoms with van der Waals surface area (Å²) < 4.78 is 23.6. The molecule has 0 amide bonds. The summed E-state index contributed by atoms with van der Waals surface area (Å²) in [4.78, 5) is 10.6. The van der Waals surface area contributed by atoms with Gasteiger partial charge < -0.3 is 0 Å². The van der Waals surface area contributed by atoms with Crippen molar-refractivity contribution in [1.82, 2.24) is 13.7 Å². The number of hydrogen-bond donors (Lipinski definition) is 0. The molecule has 1 atom stereocenters. The summed E-state index contributed by atoms with van der Waals surface area (Å²) in [5.74, 6) is 0.729. The normalized spacial score (nSPS) is 15.9. The minimum atomic E-state index is -3.39. The molecule has 3 aromatic heterocycles. The number of aliphatic imine (C=N–C) groups is 2. The van der Waals surface area contributed by atoms with Crippen LogP contribution in [0.15, 0.2) is 295 Å². The van der Waals surface area contributed by atoms with Crippen LogP contribution >= 0.6 is 36.8 Å². The van der Waals surface area contributed by atoms with E-state index in [4.69, 9.17) is 19.0 Å². The van der Waals surface area contributed by atoms with E-state index in [9.17, 15) is 0 Å². The van der Waals surface area contributed by atoms with Crippen LogP contribution in [0.5, 0.6) is 0 Å². The topological polar surface area (TPSA) is 39.5 Å². The van der Waals surface area contributed by atoms with Crippen LogP contribution in [0.1, 0.15) is 16.7 Å². The van der Waals surface area contributed by atoms with Crippen LogP contribution in [0.2, 0.25) is 0 Å². The first-order valence-corrected chi connectivity index (χ1v) is 36.6.